The second kappa shape index (κ2) is 12.1. The molecule has 9 nitrogen and oxygen atoms in total. The van der Waals surface area contributed by atoms with E-state index in [2.05, 4.69) is 17.1 Å². The fraction of sp³-hybridized carbons (Fsp3) is 0.538. The standard InChI is InChI=1S/C26H36N6O3/c1-2-3-4-5-6-8-11-28-25(33)20-19-21-24(29-22-10-7-9-12-31(22)26(21)34)32(23(20)27)14-13-30-15-17-35-18-16-30/h7,9-10,12,19,27H,2-6,8,11,13-18H2,1H3,(H,28,33). The van der Waals surface area contributed by atoms with Crippen LogP contribution in [0.25, 0.3) is 16.7 Å². The van der Waals surface area contributed by atoms with Crippen LogP contribution < -0.4 is 16.4 Å². The van der Waals surface area contributed by atoms with Gasteiger partial charge >= 0.3 is 0 Å². The summed E-state index contributed by atoms with van der Waals surface area (Å²) in [4.78, 5) is 33.4. The number of nitrogens with one attached hydrogen (secondary N) is 2. The summed E-state index contributed by atoms with van der Waals surface area (Å²) in [6, 6.07) is 6.92. The molecule has 1 aliphatic heterocycles. The number of morpholine rings is 1. The highest BCUT2D eigenvalue weighted by atomic mass is 16.5. The first-order valence-corrected chi connectivity index (χ1v) is 12.8. The molecule has 4 heterocycles. The molecule has 3 aromatic rings. The largest absolute Gasteiger partial charge is 0.379 e. The minimum absolute atomic E-state index is 0.0818. The first kappa shape index (κ1) is 25.1. The molecular formula is C26H36N6O3. The number of aromatic nitrogens is 3. The Balaban J connectivity index is 1.62. The summed E-state index contributed by atoms with van der Waals surface area (Å²) in [5, 5.41) is 12.2. The van der Waals surface area contributed by atoms with Gasteiger partial charge in [0, 0.05) is 38.9 Å². The van der Waals surface area contributed by atoms with Gasteiger partial charge in [-0.3, -0.25) is 24.3 Å². The first-order chi connectivity index (χ1) is 17.1. The van der Waals surface area contributed by atoms with E-state index in [0.29, 0.717) is 49.5 Å². The van der Waals surface area contributed by atoms with Gasteiger partial charge in [0.1, 0.15) is 16.8 Å². The summed E-state index contributed by atoms with van der Waals surface area (Å²) < 4.78 is 8.63. The molecule has 1 amide bonds. The van der Waals surface area contributed by atoms with E-state index in [9.17, 15) is 9.59 Å². The van der Waals surface area contributed by atoms with Crippen LogP contribution in [0, 0.1) is 5.41 Å². The maximum Gasteiger partial charge on any atom is 0.267 e. The van der Waals surface area contributed by atoms with E-state index in [0.717, 1.165) is 25.9 Å². The zero-order valence-corrected chi connectivity index (χ0v) is 20.6. The Bertz CT molecular complexity index is 1280. The second-order valence-corrected chi connectivity index (χ2v) is 9.12. The van der Waals surface area contributed by atoms with Crippen molar-refractivity contribution in [1.29, 1.82) is 5.41 Å². The van der Waals surface area contributed by atoms with Crippen LogP contribution in [0.5, 0.6) is 0 Å². The molecule has 1 aliphatic rings. The molecule has 1 fully saturated rings. The topological polar surface area (TPSA) is 105 Å². The number of hydrogen-bond donors (Lipinski definition) is 2. The van der Waals surface area contributed by atoms with Gasteiger partial charge in [-0.2, -0.15) is 0 Å². The molecular weight excluding hydrogens is 444 g/mol. The summed E-state index contributed by atoms with van der Waals surface area (Å²) in [6.07, 6.45) is 8.50. The number of carbonyl (C=O) groups is 1. The number of carbonyl (C=O) groups excluding carboxylic acids is 1. The molecule has 3 aromatic heterocycles. The van der Waals surface area contributed by atoms with E-state index >= 15 is 0 Å². The molecule has 0 unspecified atom stereocenters. The summed E-state index contributed by atoms with van der Waals surface area (Å²) in [5.41, 5.74) is 1.01. The summed E-state index contributed by atoms with van der Waals surface area (Å²) >= 11 is 0. The zero-order chi connectivity index (χ0) is 24.6. The van der Waals surface area contributed by atoms with Crippen molar-refractivity contribution in [2.75, 3.05) is 39.4 Å². The highest BCUT2D eigenvalue weighted by Crippen LogP contribution is 2.11. The van der Waals surface area contributed by atoms with Crippen molar-refractivity contribution in [3.63, 3.8) is 0 Å². The lowest BCUT2D eigenvalue weighted by Crippen LogP contribution is -2.41. The highest BCUT2D eigenvalue weighted by Gasteiger charge is 2.18. The normalized spacial score (nSPS) is 14.5. The van der Waals surface area contributed by atoms with Crippen LogP contribution in [0.2, 0.25) is 0 Å². The molecule has 9 heteroatoms. The van der Waals surface area contributed by atoms with E-state index in [1.54, 1.807) is 22.9 Å². The van der Waals surface area contributed by atoms with Crippen LogP contribution in [0.1, 0.15) is 55.8 Å². The predicted molar refractivity (Wildman–Crippen MR) is 136 cm³/mol. The van der Waals surface area contributed by atoms with Crippen molar-refractivity contribution in [1.82, 2.24) is 24.2 Å². The molecule has 0 radical (unpaired) electrons. The quantitative estimate of drug-likeness (QED) is 0.324. The third-order valence-electron chi connectivity index (χ3n) is 6.62. The molecule has 2 N–H and O–H groups in total. The fourth-order valence-electron chi connectivity index (χ4n) is 4.55. The summed E-state index contributed by atoms with van der Waals surface area (Å²) in [7, 11) is 0. The van der Waals surface area contributed by atoms with E-state index < -0.39 is 0 Å². The average molecular weight is 481 g/mol. The first-order valence-electron chi connectivity index (χ1n) is 12.8. The maximum atomic E-state index is 13.3. The van der Waals surface area contributed by atoms with Crippen LogP contribution in [0.4, 0.5) is 0 Å². The van der Waals surface area contributed by atoms with Gasteiger partial charge in [-0.25, -0.2) is 4.98 Å². The monoisotopic (exact) mass is 480 g/mol. The third kappa shape index (κ3) is 5.97. The van der Waals surface area contributed by atoms with Crippen LogP contribution in [-0.2, 0) is 11.3 Å². The zero-order valence-electron chi connectivity index (χ0n) is 20.6. The lowest BCUT2D eigenvalue weighted by Gasteiger charge is -2.27. The lowest BCUT2D eigenvalue weighted by molar-refractivity contribution is 0.0363. The molecule has 0 atom stereocenters. The number of fused-ring (bicyclic) bond motifs is 2. The molecule has 188 valence electrons. The van der Waals surface area contributed by atoms with E-state index in [1.807, 2.05) is 6.07 Å². The Kier molecular flexibility index (Phi) is 8.65. The number of pyridine rings is 2. The van der Waals surface area contributed by atoms with Gasteiger partial charge in [0.15, 0.2) is 0 Å². The number of ether oxygens (including phenoxy) is 1. The van der Waals surface area contributed by atoms with Gasteiger partial charge < -0.3 is 14.6 Å². The van der Waals surface area contributed by atoms with Crippen molar-refractivity contribution in [3.05, 3.63) is 51.9 Å². The van der Waals surface area contributed by atoms with Crippen molar-refractivity contribution in [2.45, 2.75) is 52.0 Å². The lowest BCUT2D eigenvalue weighted by atomic mass is 10.1. The van der Waals surface area contributed by atoms with E-state index in [1.165, 1.54) is 36.2 Å². The van der Waals surface area contributed by atoms with Gasteiger partial charge in [0.2, 0.25) is 0 Å². The Morgan fingerprint density at radius 3 is 2.69 bits per heavy atom. The Hall–Kier alpha value is -3.04. The maximum absolute atomic E-state index is 13.3. The number of amides is 1. The molecule has 0 aliphatic carbocycles. The van der Waals surface area contributed by atoms with Gasteiger partial charge in [0.25, 0.3) is 11.5 Å². The van der Waals surface area contributed by atoms with Gasteiger partial charge in [-0.1, -0.05) is 45.1 Å². The molecule has 35 heavy (non-hydrogen) atoms. The number of rotatable bonds is 11. The molecule has 0 bridgehead atoms. The van der Waals surface area contributed by atoms with Crippen LogP contribution in [-0.4, -0.2) is 64.2 Å². The second-order valence-electron chi connectivity index (χ2n) is 9.12. The van der Waals surface area contributed by atoms with Crippen LogP contribution in [0.3, 0.4) is 0 Å². The fourth-order valence-corrected chi connectivity index (χ4v) is 4.55. The van der Waals surface area contributed by atoms with Crippen molar-refractivity contribution >= 4 is 22.6 Å². The van der Waals surface area contributed by atoms with E-state index in [-0.39, 0.29) is 22.5 Å². The molecule has 0 spiro atoms. The predicted octanol–water partition coefficient (Wildman–Crippen LogP) is 2.55. The molecule has 1 saturated heterocycles. The number of hydrogen-bond acceptors (Lipinski definition) is 6. The number of nitrogens with zero attached hydrogens (tertiary/aromatic N) is 4. The minimum Gasteiger partial charge on any atom is -0.379 e. The minimum atomic E-state index is -0.317. The SMILES string of the molecule is CCCCCCCCNC(=O)c1cc2c(=O)n3ccccc3nc2n(CCN2CCOCC2)c1=N. The van der Waals surface area contributed by atoms with Gasteiger partial charge in [-0.05, 0) is 24.6 Å². The summed E-state index contributed by atoms with van der Waals surface area (Å²) in [5.74, 6) is -0.317. The average Bonchev–Trinajstić information content (AvgIpc) is 2.88. The molecule has 4 rings (SSSR count). The van der Waals surface area contributed by atoms with Crippen LogP contribution >= 0.6 is 0 Å². The molecule has 0 aromatic carbocycles. The van der Waals surface area contributed by atoms with Crippen molar-refractivity contribution in [2.24, 2.45) is 0 Å². The smallest absolute Gasteiger partial charge is 0.267 e. The summed E-state index contributed by atoms with van der Waals surface area (Å²) in [6.45, 7) is 6.92. The number of unbranched alkanes of at least 4 members (excludes halogenated alkanes) is 5. The highest BCUT2D eigenvalue weighted by molar-refractivity contribution is 5.96. The van der Waals surface area contributed by atoms with E-state index in [4.69, 9.17) is 15.1 Å². The Morgan fingerprint density at radius 1 is 1.11 bits per heavy atom. The van der Waals surface area contributed by atoms with Crippen molar-refractivity contribution < 1.29 is 9.53 Å². The van der Waals surface area contributed by atoms with Gasteiger partial charge in [0.05, 0.1) is 24.2 Å². The Morgan fingerprint density at radius 2 is 1.89 bits per heavy atom. The van der Waals surface area contributed by atoms with Gasteiger partial charge in [-0.15, -0.1) is 0 Å². The Labute approximate surface area is 205 Å². The molecule has 0 saturated carbocycles. The third-order valence-corrected chi connectivity index (χ3v) is 6.62. The van der Waals surface area contributed by atoms with Crippen LogP contribution in [0.15, 0.2) is 35.3 Å². The van der Waals surface area contributed by atoms with Crippen molar-refractivity contribution in [3.8, 4) is 0 Å².